The fraction of sp³-hybridized carbons (Fsp3) is 0.0667. The van der Waals surface area contributed by atoms with Crippen molar-refractivity contribution in [2.75, 3.05) is 5.32 Å². The van der Waals surface area contributed by atoms with Gasteiger partial charge in [-0.25, -0.2) is 0 Å². The van der Waals surface area contributed by atoms with Crippen LogP contribution in [0.25, 0.3) is 0 Å². The molecule has 102 valence electrons. The molecule has 4 nitrogen and oxygen atoms in total. The van der Waals surface area contributed by atoms with E-state index in [1.165, 1.54) is 0 Å². The summed E-state index contributed by atoms with van der Waals surface area (Å²) in [7, 11) is 0. The number of hydrogen-bond donors (Lipinski definition) is 2. The van der Waals surface area contributed by atoms with Crippen LogP contribution in [-0.4, -0.2) is 17.0 Å². The molecule has 0 saturated carbocycles. The number of carboxylic acids is 1. The van der Waals surface area contributed by atoms with Crippen molar-refractivity contribution in [1.29, 1.82) is 0 Å². The maximum absolute atomic E-state index is 12.2. The van der Waals surface area contributed by atoms with Gasteiger partial charge in [-0.2, -0.15) is 0 Å². The third-order valence-corrected chi connectivity index (χ3v) is 3.67. The lowest BCUT2D eigenvalue weighted by molar-refractivity contribution is -0.136. The summed E-state index contributed by atoms with van der Waals surface area (Å²) in [5.74, 6) is -1.17. The Bertz CT molecular complexity index is 655. The Hall–Kier alpha value is -1.89. The highest BCUT2D eigenvalue weighted by atomic mass is 127. The van der Waals surface area contributed by atoms with E-state index < -0.39 is 5.97 Å². The Labute approximate surface area is 130 Å². The van der Waals surface area contributed by atoms with Crippen molar-refractivity contribution >= 4 is 40.2 Å². The zero-order chi connectivity index (χ0) is 14.5. The fourth-order valence-electron chi connectivity index (χ4n) is 1.79. The number of hydrogen-bond acceptors (Lipinski definition) is 2. The second-order valence-corrected chi connectivity index (χ2v) is 5.32. The summed E-state index contributed by atoms with van der Waals surface area (Å²) in [6, 6.07) is 14.1. The van der Waals surface area contributed by atoms with Gasteiger partial charge in [-0.15, -0.1) is 0 Å². The molecule has 0 heterocycles. The predicted molar refractivity (Wildman–Crippen MR) is 84.9 cm³/mol. The normalized spacial score (nSPS) is 10.1. The molecule has 0 spiro atoms. The van der Waals surface area contributed by atoms with Crippen LogP contribution in [0.5, 0.6) is 0 Å². The number of para-hydroxylation sites is 1. The number of benzene rings is 2. The van der Waals surface area contributed by atoms with Gasteiger partial charge >= 0.3 is 5.97 Å². The highest BCUT2D eigenvalue weighted by molar-refractivity contribution is 14.1. The van der Waals surface area contributed by atoms with Gasteiger partial charge in [0.25, 0.3) is 5.91 Å². The van der Waals surface area contributed by atoms with E-state index in [-0.39, 0.29) is 12.3 Å². The van der Waals surface area contributed by atoms with Crippen LogP contribution in [0.2, 0.25) is 0 Å². The summed E-state index contributed by atoms with van der Waals surface area (Å²) in [4.78, 5) is 23.0. The number of halogens is 1. The average Bonchev–Trinajstić information content (AvgIpc) is 2.41. The Kier molecular flexibility index (Phi) is 4.73. The van der Waals surface area contributed by atoms with Crippen molar-refractivity contribution in [3.63, 3.8) is 0 Å². The van der Waals surface area contributed by atoms with Gasteiger partial charge in [0.15, 0.2) is 0 Å². The van der Waals surface area contributed by atoms with E-state index in [0.29, 0.717) is 16.8 Å². The van der Waals surface area contributed by atoms with Crippen LogP contribution in [-0.2, 0) is 11.2 Å². The van der Waals surface area contributed by atoms with Gasteiger partial charge in [0.2, 0.25) is 0 Å². The van der Waals surface area contributed by atoms with E-state index in [0.717, 1.165) is 3.57 Å². The van der Waals surface area contributed by atoms with E-state index in [4.69, 9.17) is 5.11 Å². The lowest BCUT2D eigenvalue weighted by atomic mass is 10.1. The molecule has 0 aliphatic rings. The molecule has 0 aromatic heterocycles. The molecule has 20 heavy (non-hydrogen) atoms. The molecule has 0 fully saturated rings. The Balaban J connectivity index is 2.24. The fourth-order valence-corrected chi connectivity index (χ4v) is 2.43. The Morgan fingerprint density at radius 1 is 1.05 bits per heavy atom. The van der Waals surface area contributed by atoms with E-state index in [1.807, 2.05) is 12.1 Å². The van der Waals surface area contributed by atoms with Gasteiger partial charge in [0.05, 0.1) is 12.0 Å². The summed E-state index contributed by atoms with van der Waals surface area (Å²) in [5, 5.41) is 11.6. The van der Waals surface area contributed by atoms with Crippen molar-refractivity contribution in [3.8, 4) is 0 Å². The molecule has 0 aliphatic carbocycles. The van der Waals surface area contributed by atoms with Gasteiger partial charge < -0.3 is 10.4 Å². The Morgan fingerprint density at radius 2 is 1.70 bits per heavy atom. The number of rotatable bonds is 4. The molecule has 5 heteroatoms. The largest absolute Gasteiger partial charge is 0.481 e. The van der Waals surface area contributed by atoms with Crippen molar-refractivity contribution in [3.05, 3.63) is 63.2 Å². The number of carbonyl (C=O) groups is 2. The number of nitrogens with one attached hydrogen (secondary N) is 1. The van der Waals surface area contributed by atoms with Crippen LogP contribution in [0.15, 0.2) is 48.5 Å². The highest BCUT2D eigenvalue weighted by Crippen LogP contribution is 2.18. The third-order valence-electron chi connectivity index (χ3n) is 2.73. The lowest BCUT2D eigenvalue weighted by Crippen LogP contribution is -2.15. The molecule has 2 aromatic rings. The van der Waals surface area contributed by atoms with Gasteiger partial charge in [-0.1, -0.05) is 30.3 Å². The molecular formula is C15H12INO3. The first-order chi connectivity index (χ1) is 9.58. The first-order valence-electron chi connectivity index (χ1n) is 5.93. The second kappa shape index (κ2) is 6.51. The molecule has 0 saturated heterocycles. The standard InChI is InChI=1S/C15H12INO3/c16-12-7-3-2-6-11(12)15(20)17-13-8-4-1-5-10(13)9-14(18)19/h1-8H,9H2,(H,17,20)(H,18,19). The van der Waals surface area contributed by atoms with Crippen LogP contribution in [0.3, 0.4) is 0 Å². The van der Waals surface area contributed by atoms with Crippen molar-refractivity contribution < 1.29 is 14.7 Å². The van der Waals surface area contributed by atoms with Crippen LogP contribution in [0.4, 0.5) is 5.69 Å². The minimum absolute atomic E-state index is 0.123. The smallest absolute Gasteiger partial charge is 0.307 e. The highest BCUT2D eigenvalue weighted by Gasteiger charge is 2.12. The molecule has 2 rings (SSSR count). The van der Waals surface area contributed by atoms with E-state index >= 15 is 0 Å². The molecular weight excluding hydrogens is 369 g/mol. The summed E-state index contributed by atoms with van der Waals surface area (Å²) < 4.78 is 0.846. The van der Waals surface area contributed by atoms with E-state index in [1.54, 1.807) is 36.4 Å². The summed E-state index contributed by atoms with van der Waals surface area (Å²) in [6.45, 7) is 0. The topological polar surface area (TPSA) is 66.4 Å². The number of carboxylic acid groups (broad SMARTS) is 1. The van der Waals surface area contributed by atoms with Crippen molar-refractivity contribution in [2.24, 2.45) is 0 Å². The number of anilines is 1. The van der Waals surface area contributed by atoms with Crippen LogP contribution in [0, 0.1) is 3.57 Å². The van der Waals surface area contributed by atoms with Crippen molar-refractivity contribution in [1.82, 2.24) is 0 Å². The summed E-state index contributed by atoms with van der Waals surface area (Å²) >= 11 is 2.09. The first-order valence-corrected chi connectivity index (χ1v) is 7.01. The maximum Gasteiger partial charge on any atom is 0.307 e. The first kappa shape index (κ1) is 14.5. The van der Waals surface area contributed by atoms with E-state index in [2.05, 4.69) is 27.9 Å². The maximum atomic E-state index is 12.2. The minimum atomic E-state index is -0.930. The Morgan fingerprint density at radius 3 is 2.40 bits per heavy atom. The van der Waals surface area contributed by atoms with Crippen LogP contribution in [0.1, 0.15) is 15.9 Å². The molecule has 0 unspecified atom stereocenters. The summed E-state index contributed by atoms with van der Waals surface area (Å²) in [5.41, 5.74) is 1.68. The third kappa shape index (κ3) is 3.57. The van der Waals surface area contributed by atoms with Gasteiger partial charge in [-0.05, 0) is 46.4 Å². The van der Waals surface area contributed by atoms with Gasteiger partial charge in [0, 0.05) is 9.26 Å². The molecule has 2 N–H and O–H groups in total. The van der Waals surface area contributed by atoms with E-state index in [9.17, 15) is 9.59 Å². The second-order valence-electron chi connectivity index (χ2n) is 4.16. The minimum Gasteiger partial charge on any atom is -0.481 e. The zero-order valence-electron chi connectivity index (χ0n) is 10.5. The molecule has 2 aromatic carbocycles. The molecule has 0 radical (unpaired) electrons. The molecule has 0 aliphatic heterocycles. The molecule has 0 atom stereocenters. The molecule has 0 bridgehead atoms. The van der Waals surface area contributed by atoms with Crippen molar-refractivity contribution in [2.45, 2.75) is 6.42 Å². The summed E-state index contributed by atoms with van der Waals surface area (Å²) in [6.07, 6.45) is -0.123. The number of amides is 1. The number of carbonyl (C=O) groups excluding carboxylic acids is 1. The quantitative estimate of drug-likeness (QED) is 0.800. The predicted octanol–water partition coefficient (Wildman–Crippen LogP) is 3.17. The van der Waals surface area contributed by atoms with Crippen LogP contribution >= 0.6 is 22.6 Å². The monoisotopic (exact) mass is 381 g/mol. The lowest BCUT2D eigenvalue weighted by Gasteiger charge is -2.10. The zero-order valence-corrected chi connectivity index (χ0v) is 12.6. The average molecular weight is 381 g/mol. The number of aliphatic carboxylic acids is 1. The van der Waals surface area contributed by atoms with Gasteiger partial charge in [-0.3, -0.25) is 9.59 Å². The SMILES string of the molecule is O=C(O)Cc1ccccc1NC(=O)c1ccccc1I. The van der Waals surface area contributed by atoms with Crippen LogP contribution < -0.4 is 5.32 Å². The molecule has 1 amide bonds. The van der Waals surface area contributed by atoms with Gasteiger partial charge in [0.1, 0.15) is 0 Å².